The molecule has 0 radical (unpaired) electrons. The number of unbranched alkanes of at least 4 members (excludes halogenated alkanes) is 9. The quantitative estimate of drug-likeness (QED) is 0.259. The van der Waals surface area contributed by atoms with E-state index in [1.807, 2.05) is 12.1 Å². The molecule has 1 N–H and O–H groups in total. The second-order valence-corrected chi connectivity index (χ2v) is 9.13. The van der Waals surface area contributed by atoms with Crippen LogP contribution in [0.25, 0.3) is 0 Å². The summed E-state index contributed by atoms with van der Waals surface area (Å²) in [6.07, 6.45) is 14.0. The van der Waals surface area contributed by atoms with Crippen LogP contribution >= 0.6 is 0 Å². The molecule has 0 amide bonds. The molecule has 0 fully saturated rings. The molecule has 2 rings (SSSR count). The van der Waals surface area contributed by atoms with Gasteiger partial charge in [-0.25, -0.2) is 0 Å². The van der Waals surface area contributed by atoms with Gasteiger partial charge in [-0.05, 0) is 36.6 Å². The molecular formula is C24H33KO5S. The monoisotopic (exact) mass is 472 g/mol. The third-order valence-electron chi connectivity index (χ3n) is 5.18. The number of aryl methyl sites for hydroxylation is 1. The fourth-order valence-corrected chi connectivity index (χ4v) is 4.09. The van der Waals surface area contributed by atoms with Crippen LogP contribution in [0.15, 0.2) is 47.4 Å². The molecule has 0 bridgehead atoms. The number of para-hydroxylation sites is 1. The first-order valence-corrected chi connectivity index (χ1v) is 12.4. The Hall–Kier alpha value is -0.414. The van der Waals surface area contributed by atoms with Crippen molar-refractivity contribution in [3.63, 3.8) is 0 Å². The van der Waals surface area contributed by atoms with E-state index in [2.05, 4.69) is 6.92 Å². The van der Waals surface area contributed by atoms with E-state index in [0.29, 0.717) is 5.75 Å². The molecule has 166 valence electrons. The SMILES string of the molecule is CCCCCCCCCCCCc1ccc(Oc2c([O-])cccc2S(=O)(=O)O)cc1.[K+]. The van der Waals surface area contributed by atoms with Gasteiger partial charge < -0.3 is 9.84 Å². The van der Waals surface area contributed by atoms with Crippen LogP contribution in [0.4, 0.5) is 0 Å². The number of benzene rings is 2. The number of rotatable bonds is 14. The average molecular weight is 473 g/mol. The smallest absolute Gasteiger partial charge is 0.870 e. The first-order valence-electron chi connectivity index (χ1n) is 11.0. The molecule has 0 aliphatic rings. The minimum atomic E-state index is -4.54. The summed E-state index contributed by atoms with van der Waals surface area (Å²) in [5, 5.41) is 12.0. The van der Waals surface area contributed by atoms with Gasteiger partial charge in [0.2, 0.25) is 0 Å². The Balaban J connectivity index is 0.00000480. The van der Waals surface area contributed by atoms with Crippen molar-refractivity contribution >= 4 is 10.1 Å². The van der Waals surface area contributed by atoms with Crippen molar-refractivity contribution in [2.75, 3.05) is 0 Å². The van der Waals surface area contributed by atoms with Crippen molar-refractivity contribution in [1.82, 2.24) is 0 Å². The molecule has 0 aromatic heterocycles. The molecule has 0 saturated carbocycles. The molecule has 0 aliphatic carbocycles. The molecule has 0 unspecified atom stereocenters. The van der Waals surface area contributed by atoms with Gasteiger partial charge in [-0.3, -0.25) is 4.55 Å². The van der Waals surface area contributed by atoms with Crippen molar-refractivity contribution in [3.8, 4) is 17.2 Å². The standard InChI is InChI=1S/C24H34O5S.K/c1-2-3-4-5-6-7-8-9-10-11-13-20-16-18-21(19-17-20)29-24-22(25)14-12-15-23(24)30(26,27)28;/h12,14-19,25H,2-11,13H2,1H3,(H,26,27,28);/q;+1/p-1. The Morgan fingerprint density at radius 2 is 1.39 bits per heavy atom. The Labute approximate surface area is 229 Å². The maximum Gasteiger partial charge on any atom is 1.00 e. The maximum absolute atomic E-state index is 12.0. The van der Waals surface area contributed by atoms with E-state index in [9.17, 15) is 18.1 Å². The van der Waals surface area contributed by atoms with Gasteiger partial charge in [0.25, 0.3) is 10.1 Å². The molecule has 0 heterocycles. The summed E-state index contributed by atoms with van der Waals surface area (Å²) in [5.74, 6) is -0.628. The molecule has 0 atom stereocenters. The number of ether oxygens (including phenoxy) is 1. The molecule has 31 heavy (non-hydrogen) atoms. The van der Waals surface area contributed by atoms with E-state index in [0.717, 1.165) is 18.9 Å². The second-order valence-electron chi connectivity index (χ2n) is 7.74. The predicted octanol–water partition coefficient (Wildman–Crippen LogP) is 3.27. The molecule has 0 aliphatic heterocycles. The van der Waals surface area contributed by atoms with Crippen LogP contribution < -0.4 is 61.2 Å². The number of hydrogen-bond acceptors (Lipinski definition) is 4. The van der Waals surface area contributed by atoms with E-state index in [4.69, 9.17) is 4.74 Å². The zero-order valence-electron chi connectivity index (χ0n) is 18.8. The van der Waals surface area contributed by atoms with E-state index in [-0.39, 0.29) is 57.1 Å². The first kappa shape index (κ1) is 28.6. The molecule has 5 nitrogen and oxygen atoms in total. The van der Waals surface area contributed by atoms with Crippen LogP contribution in [-0.2, 0) is 16.5 Å². The minimum absolute atomic E-state index is 0. The maximum atomic E-state index is 12.0. The van der Waals surface area contributed by atoms with Crippen LogP contribution in [0.5, 0.6) is 17.2 Å². The van der Waals surface area contributed by atoms with E-state index in [1.54, 1.807) is 12.1 Å². The van der Waals surface area contributed by atoms with Crippen molar-refractivity contribution in [1.29, 1.82) is 0 Å². The molecule has 2 aromatic rings. The van der Waals surface area contributed by atoms with Gasteiger partial charge in [-0.1, -0.05) is 94.7 Å². The fraction of sp³-hybridized carbons (Fsp3) is 0.500. The molecule has 7 heteroatoms. The van der Waals surface area contributed by atoms with Gasteiger partial charge in [-0.15, -0.1) is 0 Å². The Morgan fingerprint density at radius 1 is 0.839 bits per heavy atom. The summed E-state index contributed by atoms with van der Waals surface area (Å²) < 4.78 is 37.7. The van der Waals surface area contributed by atoms with E-state index < -0.39 is 20.8 Å². The summed E-state index contributed by atoms with van der Waals surface area (Å²) in [6, 6.07) is 10.9. The van der Waals surface area contributed by atoms with Crippen LogP contribution in [0, 0.1) is 0 Å². The first-order chi connectivity index (χ1) is 14.4. The Kier molecular flexibility index (Phi) is 14.2. The minimum Gasteiger partial charge on any atom is -0.870 e. The van der Waals surface area contributed by atoms with Gasteiger partial charge in [0.15, 0.2) is 0 Å². The second kappa shape index (κ2) is 15.4. The summed E-state index contributed by atoms with van der Waals surface area (Å²) in [4.78, 5) is -0.524. The third kappa shape index (κ3) is 10.8. The van der Waals surface area contributed by atoms with Crippen molar-refractivity contribution in [2.24, 2.45) is 0 Å². The summed E-state index contributed by atoms with van der Waals surface area (Å²) in [6.45, 7) is 2.24. The van der Waals surface area contributed by atoms with Gasteiger partial charge in [0.05, 0.1) is 0 Å². The third-order valence-corrected chi connectivity index (χ3v) is 6.06. The van der Waals surface area contributed by atoms with Crippen LogP contribution in [0.3, 0.4) is 0 Å². The van der Waals surface area contributed by atoms with Gasteiger partial charge >= 0.3 is 51.4 Å². The molecule has 2 aromatic carbocycles. The Bertz CT molecular complexity index is 866. The van der Waals surface area contributed by atoms with Crippen molar-refractivity contribution in [3.05, 3.63) is 48.0 Å². The van der Waals surface area contributed by atoms with Crippen molar-refractivity contribution in [2.45, 2.75) is 82.4 Å². The summed E-state index contributed by atoms with van der Waals surface area (Å²) >= 11 is 0. The van der Waals surface area contributed by atoms with Crippen molar-refractivity contribution < 1.29 is 74.2 Å². The molecule has 0 saturated heterocycles. The zero-order valence-corrected chi connectivity index (χ0v) is 22.7. The summed E-state index contributed by atoms with van der Waals surface area (Å²) in [5.41, 5.74) is 1.17. The van der Waals surface area contributed by atoms with E-state index >= 15 is 0 Å². The predicted molar refractivity (Wildman–Crippen MR) is 118 cm³/mol. The summed E-state index contributed by atoms with van der Waals surface area (Å²) in [7, 11) is -4.54. The largest absolute Gasteiger partial charge is 1.00 e. The van der Waals surface area contributed by atoms with E-state index in [1.165, 1.54) is 75.5 Å². The van der Waals surface area contributed by atoms with Crippen LogP contribution in [-0.4, -0.2) is 13.0 Å². The zero-order chi connectivity index (χ0) is 21.8. The molecular weight excluding hydrogens is 439 g/mol. The van der Waals surface area contributed by atoms with Gasteiger partial charge in [0.1, 0.15) is 16.4 Å². The fourth-order valence-electron chi connectivity index (χ4n) is 3.46. The van der Waals surface area contributed by atoms with Gasteiger partial charge in [0, 0.05) is 0 Å². The van der Waals surface area contributed by atoms with Crippen LogP contribution in [0.1, 0.15) is 76.7 Å². The Morgan fingerprint density at radius 3 is 1.94 bits per heavy atom. The number of hydrogen-bond donors (Lipinski definition) is 1. The average Bonchev–Trinajstić information content (AvgIpc) is 2.71. The topological polar surface area (TPSA) is 86.7 Å². The normalized spacial score (nSPS) is 11.2. The molecule has 0 spiro atoms. The van der Waals surface area contributed by atoms with Crippen LogP contribution in [0.2, 0.25) is 0 Å². The van der Waals surface area contributed by atoms with Gasteiger partial charge in [-0.2, -0.15) is 8.42 Å².